The number of aryl methyl sites for hydroxylation is 1. The number of nitrogens with zero attached hydrogens (tertiary/aromatic N) is 1. The fraction of sp³-hybridized carbons (Fsp3) is 0.111. The Morgan fingerprint density at radius 1 is 1.04 bits per heavy atom. The Morgan fingerprint density at radius 3 is 2.46 bits per heavy atom. The number of amides is 2. The third-order valence-corrected chi connectivity index (χ3v) is 3.71. The van der Waals surface area contributed by atoms with Gasteiger partial charge in [0.15, 0.2) is 0 Å². The molecule has 0 spiro atoms. The molecule has 0 saturated carbocycles. The van der Waals surface area contributed by atoms with Gasteiger partial charge in [-0.3, -0.25) is 14.5 Å². The molecule has 1 aliphatic rings. The zero-order valence-electron chi connectivity index (χ0n) is 12.8. The van der Waals surface area contributed by atoms with Crippen molar-refractivity contribution >= 4 is 17.5 Å². The number of carbonyl (C=O) groups is 2. The molecule has 0 radical (unpaired) electrons. The molecule has 2 aromatic rings. The summed E-state index contributed by atoms with van der Waals surface area (Å²) >= 11 is 0. The van der Waals surface area contributed by atoms with E-state index in [4.69, 9.17) is 0 Å². The summed E-state index contributed by atoms with van der Waals surface area (Å²) in [6.45, 7) is 1.55. The minimum absolute atomic E-state index is 0.0851. The van der Waals surface area contributed by atoms with Gasteiger partial charge in [0.1, 0.15) is 17.3 Å². The number of hydrogen-bond acceptors (Lipinski definition) is 3. The fourth-order valence-corrected chi connectivity index (χ4v) is 2.40. The van der Waals surface area contributed by atoms with Gasteiger partial charge in [0.05, 0.1) is 12.2 Å². The molecule has 3 rings (SSSR count). The molecular weight excluding hydrogens is 314 g/mol. The predicted molar refractivity (Wildman–Crippen MR) is 84.8 cm³/mol. The largest absolute Gasteiger partial charge is 0.348 e. The summed E-state index contributed by atoms with van der Waals surface area (Å²) in [5, 5.41) is 2.51. The van der Waals surface area contributed by atoms with Crippen LogP contribution in [0.15, 0.2) is 54.2 Å². The van der Waals surface area contributed by atoms with Gasteiger partial charge in [-0.1, -0.05) is 30.3 Å². The van der Waals surface area contributed by atoms with Crippen molar-refractivity contribution < 1.29 is 18.4 Å². The SMILES string of the molecule is Cc1cc(F)c(NC2=CC(=O)N(Cc3ccccc3)C2=O)cc1F. The van der Waals surface area contributed by atoms with Gasteiger partial charge in [-0.25, -0.2) is 8.78 Å². The highest BCUT2D eigenvalue weighted by Gasteiger charge is 2.31. The third kappa shape index (κ3) is 3.03. The first kappa shape index (κ1) is 15.9. The second kappa shape index (κ2) is 6.23. The summed E-state index contributed by atoms with van der Waals surface area (Å²) in [5.41, 5.74) is 0.679. The van der Waals surface area contributed by atoms with Crippen LogP contribution in [0, 0.1) is 18.6 Å². The number of carbonyl (C=O) groups excluding carboxylic acids is 2. The average molecular weight is 328 g/mol. The van der Waals surface area contributed by atoms with Crippen LogP contribution in [-0.2, 0) is 16.1 Å². The number of anilines is 1. The van der Waals surface area contributed by atoms with Crippen LogP contribution in [0.2, 0.25) is 0 Å². The summed E-state index contributed by atoms with van der Waals surface area (Å²) in [7, 11) is 0. The molecule has 2 amide bonds. The first-order chi connectivity index (χ1) is 11.5. The quantitative estimate of drug-likeness (QED) is 0.877. The zero-order valence-corrected chi connectivity index (χ0v) is 12.8. The minimum atomic E-state index is -0.698. The van der Waals surface area contributed by atoms with Crippen molar-refractivity contribution in [3.8, 4) is 0 Å². The average Bonchev–Trinajstić information content (AvgIpc) is 2.81. The van der Waals surface area contributed by atoms with Crippen molar-refractivity contribution in [3.05, 3.63) is 77.0 Å². The van der Waals surface area contributed by atoms with Crippen molar-refractivity contribution in [3.63, 3.8) is 0 Å². The molecule has 0 aliphatic carbocycles. The van der Waals surface area contributed by atoms with Gasteiger partial charge >= 0.3 is 0 Å². The normalized spacial score (nSPS) is 14.1. The molecule has 0 aromatic heterocycles. The van der Waals surface area contributed by atoms with Crippen molar-refractivity contribution in [1.29, 1.82) is 0 Å². The molecule has 122 valence electrons. The molecular formula is C18H14F2N2O2. The van der Waals surface area contributed by atoms with E-state index in [2.05, 4.69) is 5.32 Å². The van der Waals surface area contributed by atoms with E-state index in [9.17, 15) is 18.4 Å². The number of imide groups is 1. The lowest BCUT2D eigenvalue weighted by Gasteiger charge is -2.15. The lowest BCUT2D eigenvalue weighted by atomic mass is 10.2. The van der Waals surface area contributed by atoms with Gasteiger partial charge in [0.25, 0.3) is 11.8 Å². The van der Waals surface area contributed by atoms with E-state index in [1.165, 1.54) is 6.92 Å². The number of benzene rings is 2. The molecule has 0 unspecified atom stereocenters. The highest BCUT2D eigenvalue weighted by atomic mass is 19.1. The van der Waals surface area contributed by atoms with Gasteiger partial charge in [0, 0.05) is 12.1 Å². The standard InChI is InChI=1S/C18H14F2N2O2/c1-11-7-14(20)15(8-13(11)19)21-16-9-17(23)22(18(16)24)10-12-5-3-2-4-6-12/h2-9,21H,10H2,1H3. The third-order valence-electron chi connectivity index (χ3n) is 3.71. The Bertz CT molecular complexity index is 848. The Kier molecular flexibility index (Phi) is 4.12. The van der Waals surface area contributed by atoms with Crippen molar-refractivity contribution in [2.45, 2.75) is 13.5 Å². The maximum atomic E-state index is 13.9. The van der Waals surface area contributed by atoms with Gasteiger partial charge in [-0.15, -0.1) is 0 Å². The number of rotatable bonds is 4. The zero-order chi connectivity index (χ0) is 17.3. The van der Waals surface area contributed by atoms with E-state index in [1.807, 2.05) is 6.07 Å². The van der Waals surface area contributed by atoms with E-state index in [0.29, 0.717) is 0 Å². The monoisotopic (exact) mass is 328 g/mol. The lowest BCUT2D eigenvalue weighted by molar-refractivity contribution is -0.137. The maximum Gasteiger partial charge on any atom is 0.277 e. The Hall–Kier alpha value is -3.02. The Morgan fingerprint density at radius 2 is 1.75 bits per heavy atom. The molecule has 24 heavy (non-hydrogen) atoms. The number of hydrogen-bond donors (Lipinski definition) is 1. The van der Waals surface area contributed by atoms with E-state index in [-0.39, 0.29) is 23.5 Å². The molecule has 2 aromatic carbocycles. The Balaban J connectivity index is 1.79. The molecule has 4 nitrogen and oxygen atoms in total. The highest BCUT2D eigenvalue weighted by Crippen LogP contribution is 2.23. The summed E-state index contributed by atoms with van der Waals surface area (Å²) < 4.78 is 27.5. The predicted octanol–water partition coefficient (Wildman–Crippen LogP) is 3.14. The fourth-order valence-electron chi connectivity index (χ4n) is 2.40. The first-order valence-electron chi connectivity index (χ1n) is 7.30. The highest BCUT2D eigenvalue weighted by molar-refractivity contribution is 6.17. The maximum absolute atomic E-state index is 13.9. The minimum Gasteiger partial charge on any atom is -0.348 e. The molecule has 1 aliphatic heterocycles. The van der Waals surface area contributed by atoms with E-state index in [1.54, 1.807) is 24.3 Å². The molecule has 0 saturated heterocycles. The second-order valence-corrected chi connectivity index (χ2v) is 5.48. The number of halogens is 2. The van der Waals surface area contributed by atoms with Crippen LogP contribution in [0.25, 0.3) is 0 Å². The Labute approximate surface area is 137 Å². The van der Waals surface area contributed by atoms with Gasteiger partial charge in [0.2, 0.25) is 0 Å². The summed E-state index contributed by atoms with van der Waals surface area (Å²) in [6, 6.07) is 11.0. The van der Waals surface area contributed by atoms with Crippen LogP contribution in [-0.4, -0.2) is 16.7 Å². The van der Waals surface area contributed by atoms with Crippen molar-refractivity contribution in [2.75, 3.05) is 5.32 Å². The number of nitrogens with one attached hydrogen (secondary N) is 1. The van der Waals surface area contributed by atoms with E-state index >= 15 is 0 Å². The summed E-state index contributed by atoms with van der Waals surface area (Å²) in [4.78, 5) is 25.4. The van der Waals surface area contributed by atoms with Crippen LogP contribution in [0.4, 0.5) is 14.5 Å². The lowest BCUT2D eigenvalue weighted by Crippen LogP contribution is -2.31. The van der Waals surface area contributed by atoms with Gasteiger partial charge in [-0.2, -0.15) is 0 Å². The molecule has 0 atom stereocenters. The topological polar surface area (TPSA) is 49.4 Å². The molecule has 0 bridgehead atoms. The summed E-state index contributed by atoms with van der Waals surface area (Å²) in [6.07, 6.45) is 1.09. The van der Waals surface area contributed by atoms with Crippen molar-refractivity contribution in [2.24, 2.45) is 0 Å². The van der Waals surface area contributed by atoms with Crippen LogP contribution >= 0.6 is 0 Å². The second-order valence-electron chi connectivity index (χ2n) is 5.48. The van der Waals surface area contributed by atoms with Crippen LogP contribution in [0.5, 0.6) is 0 Å². The van der Waals surface area contributed by atoms with Gasteiger partial charge < -0.3 is 5.32 Å². The smallest absolute Gasteiger partial charge is 0.277 e. The van der Waals surface area contributed by atoms with Crippen LogP contribution in [0.1, 0.15) is 11.1 Å². The van der Waals surface area contributed by atoms with Gasteiger partial charge in [-0.05, 0) is 24.1 Å². The van der Waals surface area contributed by atoms with Crippen molar-refractivity contribution in [1.82, 2.24) is 4.90 Å². The molecule has 1 heterocycles. The van der Waals surface area contributed by atoms with E-state index < -0.39 is 23.4 Å². The molecule has 6 heteroatoms. The molecule has 0 fully saturated rings. The first-order valence-corrected chi connectivity index (χ1v) is 7.30. The van der Waals surface area contributed by atoms with E-state index in [0.717, 1.165) is 28.7 Å². The summed E-state index contributed by atoms with van der Waals surface area (Å²) in [5.74, 6) is -2.38. The van der Waals surface area contributed by atoms with Crippen LogP contribution < -0.4 is 5.32 Å². The molecule has 1 N–H and O–H groups in total. The van der Waals surface area contributed by atoms with Crippen LogP contribution in [0.3, 0.4) is 0 Å².